The molecular formula is C21H22N8O5. The molecule has 2 atom stereocenters. The maximum atomic E-state index is 12.9. The highest BCUT2D eigenvalue weighted by Gasteiger charge is 2.42. The number of nitrogens with zero attached hydrogens (tertiary/aromatic N) is 6. The van der Waals surface area contributed by atoms with Gasteiger partial charge in [-0.2, -0.15) is 9.97 Å². The van der Waals surface area contributed by atoms with Crippen molar-refractivity contribution in [1.29, 1.82) is 0 Å². The first-order chi connectivity index (χ1) is 16.1. The molecule has 1 aromatic carbocycles. The highest BCUT2D eigenvalue weighted by Crippen LogP contribution is 2.27. The van der Waals surface area contributed by atoms with E-state index in [-0.39, 0.29) is 30.3 Å². The van der Waals surface area contributed by atoms with Crippen molar-refractivity contribution in [2.45, 2.75) is 19.0 Å². The van der Waals surface area contributed by atoms with Gasteiger partial charge in [-0.15, -0.1) is 0 Å². The average Bonchev–Trinajstić information content (AvgIpc) is 3.25. The summed E-state index contributed by atoms with van der Waals surface area (Å²) in [6.45, 7) is 0.222. The van der Waals surface area contributed by atoms with E-state index < -0.39 is 29.8 Å². The van der Waals surface area contributed by atoms with Gasteiger partial charge in [0.15, 0.2) is 17.0 Å². The number of hydrogen-bond donors (Lipinski definition) is 4. The molecule has 1 aliphatic heterocycles. The molecule has 2 unspecified atom stereocenters. The van der Waals surface area contributed by atoms with Crippen LogP contribution in [0.2, 0.25) is 0 Å². The zero-order valence-electron chi connectivity index (χ0n) is 18.1. The number of benzene rings is 1. The Morgan fingerprint density at radius 2 is 1.79 bits per heavy atom. The van der Waals surface area contributed by atoms with E-state index in [0.717, 1.165) is 10.6 Å². The van der Waals surface area contributed by atoms with E-state index in [0.29, 0.717) is 23.4 Å². The first kappa shape index (κ1) is 22.6. The summed E-state index contributed by atoms with van der Waals surface area (Å²) in [4.78, 5) is 55.2. The van der Waals surface area contributed by atoms with E-state index in [4.69, 9.17) is 11.5 Å². The number of nitrogens with two attached hydrogens (primary N) is 2. The molecule has 1 fully saturated rings. The maximum absolute atomic E-state index is 12.9. The van der Waals surface area contributed by atoms with Crippen molar-refractivity contribution in [3.63, 3.8) is 0 Å². The summed E-state index contributed by atoms with van der Waals surface area (Å²) in [6.07, 6.45) is 1.44. The minimum atomic E-state index is -1.22. The minimum Gasteiger partial charge on any atom is -0.481 e. The zero-order chi connectivity index (χ0) is 24.6. The van der Waals surface area contributed by atoms with Gasteiger partial charge in [0.25, 0.3) is 5.91 Å². The van der Waals surface area contributed by atoms with Crippen LogP contribution in [-0.2, 0) is 16.1 Å². The third kappa shape index (κ3) is 4.35. The summed E-state index contributed by atoms with van der Waals surface area (Å²) in [5.41, 5.74) is 13.7. The number of amides is 1. The summed E-state index contributed by atoms with van der Waals surface area (Å²) in [5.74, 6) is -3.63. The summed E-state index contributed by atoms with van der Waals surface area (Å²) >= 11 is 0. The van der Waals surface area contributed by atoms with Crippen molar-refractivity contribution in [2.75, 3.05) is 30.0 Å². The van der Waals surface area contributed by atoms with Crippen LogP contribution < -0.4 is 16.4 Å². The Morgan fingerprint density at radius 3 is 2.44 bits per heavy atom. The van der Waals surface area contributed by atoms with Gasteiger partial charge >= 0.3 is 11.9 Å². The fraction of sp³-hybridized carbons (Fsp3) is 0.286. The predicted octanol–water partition coefficient (Wildman–Crippen LogP) is 0.221. The molecule has 0 radical (unpaired) electrons. The normalized spacial score (nSPS) is 17.6. The van der Waals surface area contributed by atoms with Crippen LogP contribution in [0.25, 0.3) is 11.2 Å². The molecule has 4 rings (SSSR count). The molecule has 0 spiro atoms. The van der Waals surface area contributed by atoms with Crippen LogP contribution >= 0.6 is 0 Å². The number of hydrogen-bond acceptors (Lipinski definition) is 10. The number of likely N-dealkylation sites (tertiary alicyclic amines) is 1. The van der Waals surface area contributed by atoms with Crippen molar-refractivity contribution >= 4 is 46.5 Å². The number of anilines is 3. The van der Waals surface area contributed by atoms with E-state index in [9.17, 15) is 24.6 Å². The standard InChI is InChI=1S/C21H22N8O5/c1-28(9-12-7-24-17-15(25-12)16(22)26-21(23)27-17)13-4-2-10(3-5-13)18(30)29-8-11(19(31)32)6-14(29)20(33)34/h2-5,7,11,14H,6,8-9H2,1H3,(H,31,32)(H,33,34)(H4,22,23,24,26,27). The van der Waals surface area contributed by atoms with Crippen LogP contribution in [0.4, 0.5) is 17.5 Å². The molecule has 1 amide bonds. The maximum Gasteiger partial charge on any atom is 0.326 e. The van der Waals surface area contributed by atoms with Crippen molar-refractivity contribution < 1.29 is 24.6 Å². The summed E-state index contributed by atoms with van der Waals surface area (Å²) in [7, 11) is 1.82. The van der Waals surface area contributed by atoms with Gasteiger partial charge in [0.2, 0.25) is 5.95 Å². The lowest BCUT2D eigenvalue weighted by molar-refractivity contribution is -0.141. The van der Waals surface area contributed by atoms with Crippen molar-refractivity contribution in [1.82, 2.24) is 24.8 Å². The second kappa shape index (κ2) is 8.77. The van der Waals surface area contributed by atoms with Crippen molar-refractivity contribution in [3.8, 4) is 0 Å². The van der Waals surface area contributed by atoms with E-state index in [1.54, 1.807) is 30.5 Å². The summed E-state index contributed by atoms with van der Waals surface area (Å²) in [5, 5.41) is 18.6. The van der Waals surface area contributed by atoms with E-state index in [2.05, 4.69) is 19.9 Å². The van der Waals surface area contributed by atoms with Gasteiger partial charge in [-0.3, -0.25) is 9.59 Å². The lowest BCUT2D eigenvalue weighted by atomic mass is 10.1. The molecule has 2 aromatic heterocycles. The molecule has 3 heterocycles. The fourth-order valence-corrected chi connectivity index (χ4v) is 3.89. The van der Waals surface area contributed by atoms with Gasteiger partial charge in [0.05, 0.1) is 24.4 Å². The Balaban J connectivity index is 1.49. The van der Waals surface area contributed by atoms with Gasteiger partial charge < -0.3 is 31.5 Å². The number of aromatic nitrogens is 4. The number of carboxylic acid groups (broad SMARTS) is 2. The zero-order valence-corrected chi connectivity index (χ0v) is 18.1. The molecular weight excluding hydrogens is 444 g/mol. The summed E-state index contributed by atoms with van der Waals surface area (Å²) in [6, 6.07) is 5.39. The Bertz CT molecular complexity index is 1280. The Hall–Kier alpha value is -4.55. The van der Waals surface area contributed by atoms with Crippen LogP contribution in [0.15, 0.2) is 30.5 Å². The molecule has 1 saturated heterocycles. The van der Waals surface area contributed by atoms with Crippen LogP contribution in [-0.4, -0.2) is 72.5 Å². The first-order valence-corrected chi connectivity index (χ1v) is 10.3. The third-order valence-corrected chi connectivity index (χ3v) is 5.65. The molecule has 176 valence electrons. The molecule has 13 nitrogen and oxygen atoms in total. The van der Waals surface area contributed by atoms with Crippen LogP contribution in [0.3, 0.4) is 0 Å². The van der Waals surface area contributed by atoms with Crippen LogP contribution in [0.5, 0.6) is 0 Å². The first-order valence-electron chi connectivity index (χ1n) is 10.3. The number of carboxylic acids is 2. The van der Waals surface area contributed by atoms with Gasteiger partial charge in [-0.1, -0.05) is 0 Å². The number of aliphatic carboxylic acids is 2. The third-order valence-electron chi connectivity index (χ3n) is 5.65. The number of rotatable bonds is 6. The highest BCUT2D eigenvalue weighted by atomic mass is 16.4. The number of nitrogen functional groups attached to an aromatic ring is 2. The number of carbonyl (C=O) groups excluding carboxylic acids is 1. The van der Waals surface area contributed by atoms with Gasteiger partial charge in [0.1, 0.15) is 6.04 Å². The minimum absolute atomic E-state index is 0.0147. The van der Waals surface area contributed by atoms with Crippen LogP contribution in [0.1, 0.15) is 22.5 Å². The molecule has 1 aliphatic rings. The number of fused-ring (bicyclic) bond motifs is 1. The highest BCUT2D eigenvalue weighted by molar-refractivity contribution is 5.98. The van der Waals surface area contributed by atoms with Crippen LogP contribution in [0, 0.1) is 5.92 Å². The summed E-state index contributed by atoms with van der Waals surface area (Å²) < 4.78 is 0. The van der Waals surface area contributed by atoms with Gasteiger partial charge in [-0.05, 0) is 30.7 Å². The molecule has 0 aliphatic carbocycles. The lowest BCUT2D eigenvalue weighted by Crippen LogP contribution is -2.40. The average molecular weight is 466 g/mol. The van der Waals surface area contributed by atoms with Crippen molar-refractivity contribution in [3.05, 3.63) is 41.7 Å². The molecule has 0 saturated carbocycles. The van der Waals surface area contributed by atoms with Crippen molar-refractivity contribution in [2.24, 2.45) is 5.92 Å². The quantitative estimate of drug-likeness (QED) is 0.385. The monoisotopic (exact) mass is 466 g/mol. The van der Waals surface area contributed by atoms with Gasteiger partial charge in [-0.25, -0.2) is 14.8 Å². The molecule has 3 aromatic rings. The fourth-order valence-electron chi connectivity index (χ4n) is 3.89. The second-order valence-electron chi connectivity index (χ2n) is 7.99. The topological polar surface area (TPSA) is 202 Å². The molecule has 34 heavy (non-hydrogen) atoms. The number of carbonyl (C=O) groups is 3. The smallest absolute Gasteiger partial charge is 0.326 e. The second-order valence-corrected chi connectivity index (χ2v) is 7.99. The Morgan fingerprint density at radius 1 is 1.09 bits per heavy atom. The molecule has 6 N–H and O–H groups in total. The lowest BCUT2D eigenvalue weighted by Gasteiger charge is -2.22. The Labute approximate surface area is 193 Å². The van der Waals surface area contributed by atoms with Gasteiger partial charge in [0, 0.05) is 24.8 Å². The SMILES string of the molecule is CN(Cc1cnc2nc(N)nc(N)c2n1)c1ccc(C(=O)N2CC(C(=O)O)CC2C(=O)O)cc1. The predicted molar refractivity (Wildman–Crippen MR) is 121 cm³/mol. The molecule has 0 bridgehead atoms. The Kier molecular flexibility index (Phi) is 5.84. The van der Waals surface area contributed by atoms with E-state index in [1.807, 2.05) is 11.9 Å². The largest absolute Gasteiger partial charge is 0.481 e. The molecule has 13 heteroatoms. The van der Waals surface area contributed by atoms with E-state index >= 15 is 0 Å². The van der Waals surface area contributed by atoms with E-state index in [1.165, 1.54) is 0 Å².